The summed E-state index contributed by atoms with van der Waals surface area (Å²) >= 11 is 0. The Hall–Kier alpha value is -6.14. The van der Waals surface area contributed by atoms with E-state index in [0.717, 1.165) is 113 Å². The summed E-state index contributed by atoms with van der Waals surface area (Å²) in [6.07, 6.45) is 7.65. The first-order valence-electron chi connectivity index (χ1n) is 20.9. The number of amides is 4. The molecular weight excluding hydrogens is 749 g/mol. The van der Waals surface area contributed by atoms with E-state index in [2.05, 4.69) is 52.7 Å². The van der Waals surface area contributed by atoms with Crippen molar-refractivity contribution < 1.29 is 23.9 Å². The van der Waals surface area contributed by atoms with Gasteiger partial charge in [-0.15, -0.1) is 10.2 Å². The fourth-order valence-electron chi connectivity index (χ4n) is 9.37. The van der Waals surface area contributed by atoms with Crippen molar-refractivity contribution in [2.24, 2.45) is 5.92 Å². The van der Waals surface area contributed by atoms with Gasteiger partial charge in [-0.05, 0) is 111 Å². The van der Waals surface area contributed by atoms with Crippen molar-refractivity contribution in [3.05, 3.63) is 83.2 Å². The summed E-state index contributed by atoms with van der Waals surface area (Å²) in [4.78, 5) is 63.5. The van der Waals surface area contributed by atoms with Crippen LogP contribution in [0.5, 0.6) is 5.75 Å². The van der Waals surface area contributed by atoms with Crippen LogP contribution in [0.25, 0.3) is 10.9 Å². The molecule has 0 radical (unpaired) electrons. The number of piperazine rings is 1. The van der Waals surface area contributed by atoms with Gasteiger partial charge in [0.25, 0.3) is 11.8 Å². The van der Waals surface area contributed by atoms with Crippen molar-refractivity contribution in [2.45, 2.75) is 76.1 Å². The number of hydrogen-bond acceptors (Lipinski definition) is 12. The van der Waals surface area contributed by atoms with Gasteiger partial charge in [-0.25, -0.2) is 0 Å². The lowest BCUT2D eigenvalue weighted by atomic mass is 9.92. The maximum atomic E-state index is 13.1. The Labute approximate surface area is 342 Å². The molecule has 4 amide bonds. The van der Waals surface area contributed by atoms with E-state index >= 15 is 0 Å². The van der Waals surface area contributed by atoms with Gasteiger partial charge in [0.05, 0.1) is 17.2 Å². The standard InChI is InChI=1S/C44H48N10O5/c45-25-29-3-12-38(35-2-1-17-46-41(29)35)59-33-7-4-31(5-8-33)47-42(56)36-10-13-39(50-49-36)53-18-15-28(16-19-53)26-51-20-22-52(23-21-51)32-6-9-34-30(24-32)27-54(44(34)58)37-11-14-40(55)48-43(37)57/h1-3,6,9-10,12-13,17,24,28,31,33,37H,4-5,7-8,11,14-16,18-23,26-27H2,(H,47,56)(H,48,55,57)/t31?,33?,37-/m0/s1. The first kappa shape index (κ1) is 38.4. The van der Waals surface area contributed by atoms with Crippen molar-refractivity contribution in [3.63, 3.8) is 0 Å². The molecule has 0 unspecified atom stereocenters. The molecule has 2 aromatic heterocycles. The van der Waals surface area contributed by atoms with E-state index in [0.29, 0.717) is 41.2 Å². The summed E-state index contributed by atoms with van der Waals surface area (Å²) in [7, 11) is 0. The first-order chi connectivity index (χ1) is 28.8. The summed E-state index contributed by atoms with van der Waals surface area (Å²) < 4.78 is 6.36. The molecule has 0 bridgehead atoms. The normalized spacial score (nSPS) is 22.9. The van der Waals surface area contributed by atoms with Gasteiger partial charge in [-0.1, -0.05) is 0 Å². The fourth-order valence-corrected chi connectivity index (χ4v) is 9.37. The van der Waals surface area contributed by atoms with Crippen molar-refractivity contribution in [3.8, 4) is 11.8 Å². The van der Waals surface area contributed by atoms with Crippen LogP contribution in [-0.2, 0) is 16.1 Å². The Bertz CT molecular complexity index is 2290. The molecule has 1 saturated carbocycles. The topological polar surface area (TPSA) is 177 Å². The van der Waals surface area contributed by atoms with Crippen LogP contribution in [0, 0.1) is 17.2 Å². The monoisotopic (exact) mass is 796 g/mol. The maximum absolute atomic E-state index is 13.1. The summed E-state index contributed by atoms with van der Waals surface area (Å²) in [6, 6.07) is 18.7. The molecule has 4 aliphatic heterocycles. The van der Waals surface area contributed by atoms with Crippen LogP contribution >= 0.6 is 0 Å². The third-order valence-corrected chi connectivity index (χ3v) is 12.7. The van der Waals surface area contributed by atoms with Gasteiger partial charge in [0.2, 0.25) is 11.8 Å². The largest absolute Gasteiger partial charge is 0.490 e. The number of hydrogen-bond donors (Lipinski definition) is 2. The smallest absolute Gasteiger partial charge is 0.272 e. The van der Waals surface area contributed by atoms with Crippen LogP contribution in [-0.4, -0.2) is 113 Å². The summed E-state index contributed by atoms with van der Waals surface area (Å²) in [5, 5.41) is 24.6. The van der Waals surface area contributed by atoms with E-state index in [4.69, 9.17) is 4.74 Å². The number of pyridine rings is 1. The predicted octanol–water partition coefficient (Wildman–Crippen LogP) is 3.82. The Balaban J connectivity index is 0.693. The molecule has 1 atom stereocenters. The van der Waals surface area contributed by atoms with Gasteiger partial charge in [-0.3, -0.25) is 34.4 Å². The minimum atomic E-state index is -0.605. The molecule has 15 heteroatoms. The molecule has 2 N–H and O–H groups in total. The zero-order chi connectivity index (χ0) is 40.5. The third-order valence-electron chi connectivity index (χ3n) is 12.7. The molecule has 0 spiro atoms. The zero-order valence-corrected chi connectivity index (χ0v) is 33.0. The number of imide groups is 1. The number of piperidine rings is 2. The molecule has 304 valence electrons. The highest BCUT2D eigenvalue weighted by Gasteiger charge is 2.39. The number of fused-ring (bicyclic) bond motifs is 2. The number of ether oxygens (including phenoxy) is 1. The summed E-state index contributed by atoms with van der Waals surface area (Å²) in [5.41, 5.74) is 4.16. The lowest BCUT2D eigenvalue weighted by Crippen LogP contribution is -2.52. The zero-order valence-electron chi connectivity index (χ0n) is 33.0. The van der Waals surface area contributed by atoms with Gasteiger partial charge in [-0.2, -0.15) is 5.26 Å². The average molecular weight is 797 g/mol. The SMILES string of the molecule is N#Cc1ccc(OC2CCC(NC(=O)c3ccc(N4CCC(CN5CCN(c6ccc7c(c6)CN([C@H]6CCC(=O)NC6=O)C7=O)CC5)CC4)nn3)CC2)c2cccnc12. The lowest BCUT2D eigenvalue weighted by molar-refractivity contribution is -0.136. The molecule has 3 saturated heterocycles. The van der Waals surface area contributed by atoms with Crippen LogP contribution in [0.15, 0.2) is 60.8 Å². The number of carbonyl (C=O) groups excluding carboxylic acids is 4. The highest BCUT2D eigenvalue weighted by Crippen LogP contribution is 2.33. The number of rotatable bonds is 9. The van der Waals surface area contributed by atoms with Crippen molar-refractivity contribution in [1.29, 1.82) is 5.26 Å². The lowest BCUT2D eigenvalue weighted by Gasteiger charge is -2.39. The van der Waals surface area contributed by atoms with E-state index in [1.54, 1.807) is 23.2 Å². The van der Waals surface area contributed by atoms with E-state index < -0.39 is 6.04 Å². The molecule has 6 heterocycles. The van der Waals surface area contributed by atoms with Crippen molar-refractivity contribution in [1.82, 2.24) is 35.6 Å². The van der Waals surface area contributed by atoms with E-state index in [1.165, 1.54) is 0 Å². The molecule has 15 nitrogen and oxygen atoms in total. The number of nitrogens with zero attached hydrogens (tertiary/aromatic N) is 8. The molecule has 59 heavy (non-hydrogen) atoms. The second kappa shape index (κ2) is 16.6. The highest BCUT2D eigenvalue weighted by atomic mass is 16.5. The Morgan fingerprint density at radius 3 is 2.44 bits per heavy atom. The number of nitriles is 1. The second-order valence-electron chi connectivity index (χ2n) is 16.4. The molecule has 2 aromatic carbocycles. The molecule has 4 fully saturated rings. The van der Waals surface area contributed by atoms with Gasteiger partial charge in [0.15, 0.2) is 11.5 Å². The van der Waals surface area contributed by atoms with Crippen LogP contribution in [0.4, 0.5) is 11.5 Å². The average Bonchev–Trinajstić information content (AvgIpc) is 3.59. The predicted molar refractivity (Wildman–Crippen MR) is 219 cm³/mol. The van der Waals surface area contributed by atoms with E-state index in [-0.39, 0.29) is 42.2 Å². The quantitative estimate of drug-likeness (QED) is 0.235. The van der Waals surface area contributed by atoms with E-state index in [1.807, 2.05) is 36.4 Å². The second-order valence-corrected chi connectivity index (χ2v) is 16.4. The third kappa shape index (κ3) is 8.14. The van der Waals surface area contributed by atoms with Gasteiger partial charge in [0, 0.05) is 87.7 Å². The van der Waals surface area contributed by atoms with Gasteiger partial charge in [0.1, 0.15) is 17.9 Å². The molecular formula is C44H48N10O5. The number of carbonyl (C=O) groups is 4. The van der Waals surface area contributed by atoms with Crippen molar-refractivity contribution >= 4 is 46.0 Å². The molecule has 9 rings (SSSR count). The van der Waals surface area contributed by atoms with Crippen LogP contribution in [0.3, 0.4) is 0 Å². The van der Waals surface area contributed by atoms with E-state index in [9.17, 15) is 24.4 Å². The molecule has 5 aliphatic rings. The van der Waals surface area contributed by atoms with Gasteiger partial charge >= 0.3 is 0 Å². The van der Waals surface area contributed by atoms with Crippen LogP contribution < -0.4 is 25.2 Å². The highest BCUT2D eigenvalue weighted by molar-refractivity contribution is 6.05. The number of benzene rings is 2. The number of anilines is 2. The Morgan fingerprint density at radius 2 is 1.69 bits per heavy atom. The summed E-state index contributed by atoms with van der Waals surface area (Å²) in [5.74, 6) is 1.10. The Morgan fingerprint density at radius 1 is 0.881 bits per heavy atom. The van der Waals surface area contributed by atoms with Gasteiger partial charge < -0.3 is 24.8 Å². The minimum Gasteiger partial charge on any atom is -0.490 e. The maximum Gasteiger partial charge on any atom is 0.272 e. The van der Waals surface area contributed by atoms with Crippen molar-refractivity contribution in [2.75, 3.05) is 55.6 Å². The first-order valence-corrected chi connectivity index (χ1v) is 20.9. The fraction of sp³-hybridized carbons (Fsp3) is 0.455. The number of nitrogens with one attached hydrogen (secondary N) is 2. The summed E-state index contributed by atoms with van der Waals surface area (Å²) in [6.45, 7) is 6.99. The number of aromatic nitrogens is 3. The molecule has 1 aliphatic carbocycles. The van der Waals surface area contributed by atoms with Crippen LogP contribution in [0.2, 0.25) is 0 Å². The molecule has 4 aromatic rings. The Kier molecular flexibility index (Phi) is 10.8. The minimum absolute atomic E-state index is 0.0214. The van der Waals surface area contributed by atoms with Crippen LogP contribution in [0.1, 0.15) is 83.3 Å².